The first-order chi connectivity index (χ1) is 18.2. The van der Waals surface area contributed by atoms with Gasteiger partial charge in [-0.3, -0.25) is 19.7 Å². The second-order valence-electron chi connectivity index (χ2n) is 7.83. The van der Waals surface area contributed by atoms with Crippen molar-refractivity contribution >= 4 is 61.9 Å². The molecule has 3 aromatic carbocycles. The van der Waals surface area contributed by atoms with E-state index in [-0.39, 0.29) is 22.0 Å². The van der Waals surface area contributed by atoms with Gasteiger partial charge in [0, 0.05) is 22.5 Å². The van der Waals surface area contributed by atoms with Gasteiger partial charge in [0.05, 0.1) is 32.8 Å². The summed E-state index contributed by atoms with van der Waals surface area (Å²) in [5, 5.41) is 18.4. The third kappa shape index (κ3) is 5.87. The summed E-state index contributed by atoms with van der Waals surface area (Å²) in [6.45, 7) is 1.16. The van der Waals surface area contributed by atoms with Gasteiger partial charge in [-0.15, -0.1) is 0 Å². The zero-order chi connectivity index (χ0) is 27.4. The molecule has 1 amide bonds. The van der Waals surface area contributed by atoms with Crippen LogP contribution >= 0.6 is 27.5 Å². The Morgan fingerprint density at radius 3 is 2.76 bits per heavy atom. The van der Waals surface area contributed by atoms with Crippen LogP contribution in [-0.4, -0.2) is 33.3 Å². The number of nitro groups is 1. The second-order valence-corrected chi connectivity index (χ2v) is 9.15. The van der Waals surface area contributed by atoms with Crippen molar-refractivity contribution in [3.63, 3.8) is 0 Å². The van der Waals surface area contributed by atoms with Crippen molar-refractivity contribution in [2.45, 2.75) is 13.3 Å². The van der Waals surface area contributed by atoms with Crippen LogP contribution in [0.2, 0.25) is 5.02 Å². The lowest BCUT2D eigenvalue weighted by molar-refractivity contribution is -0.385. The van der Waals surface area contributed by atoms with E-state index in [0.29, 0.717) is 27.6 Å². The Hall–Kier alpha value is -4.16. The molecule has 4 aromatic rings. The van der Waals surface area contributed by atoms with E-state index in [0.717, 1.165) is 10.7 Å². The number of para-hydroxylation sites is 1. The molecule has 0 aliphatic carbocycles. The summed E-state index contributed by atoms with van der Waals surface area (Å²) < 4.78 is 20.9. The van der Waals surface area contributed by atoms with Gasteiger partial charge in [0.2, 0.25) is 5.75 Å². The lowest BCUT2D eigenvalue weighted by atomic mass is 10.2. The van der Waals surface area contributed by atoms with Crippen LogP contribution in [0.5, 0.6) is 5.75 Å². The number of hydrogen-bond donors (Lipinski definition) is 1. The lowest BCUT2D eigenvalue weighted by Gasteiger charge is -2.11. The van der Waals surface area contributed by atoms with E-state index in [2.05, 4.69) is 31.3 Å². The van der Waals surface area contributed by atoms with E-state index in [4.69, 9.17) is 16.3 Å². The van der Waals surface area contributed by atoms with E-state index in [1.54, 1.807) is 18.2 Å². The number of benzene rings is 3. The smallest absolute Gasteiger partial charge is 0.313 e. The van der Waals surface area contributed by atoms with Gasteiger partial charge in [-0.05, 0) is 36.4 Å². The zero-order valence-electron chi connectivity index (χ0n) is 19.7. The van der Waals surface area contributed by atoms with Crippen molar-refractivity contribution in [1.82, 2.24) is 9.66 Å². The second kappa shape index (κ2) is 11.5. The van der Waals surface area contributed by atoms with Gasteiger partial charge in [0.15, 0.2) is 6.61 Å². The summed E-state index contributed by atoms with van der Waals surface area (Å²) >= 11 is 9.58. The number of halogens is 3. The molecule has 0 aliphatic heterocycles. The summed E-state index contributed by atoms with van der Waals surface area (Å²) in [5.74, 6) is -1.34. The van der Waals surface area contributed by atoms with Crippen molar-refractivity contribution in [1.29, 1.82) is 0 Å². The Morgan fingerprint density at radius 2 is 2.05 bits per heavy atom. The van der Waals surface area contributed by atoms with E-state index in [9.17, 15) is 24.1 Å². The quantitative estimate of drug-likeness (QED) is 0.165. The van der Waals surface area contributed by atoms with E-state index >= 15 is 0 Å². The number of amides is 1. The number of carbonyl (C=O) groups excluding carboxylic acids is 1. The van der Waals surface area contributed by atoms with Crippen molar-refractivity contribution in [3.05, 3.63) is 102 Å². The van der Waals surface area contributed by atoms with E-state index < -0.39 is 34.5 Å². The fourth-order valence-electron chi connectivity index (χ4n) is 3.51. The number of carbonyl (C=O) groups is 1. The van der Waals surface area contributed by atoms with Crippen LogP contribution in [0.3, 0.4) is 0 Å². The number of aryl methyl sites for hydroxylation is 1. The average Bonchev–Trinajstić information content (AvgIpc) is 2.88. The van der Waals surface area contributed by atoms with Gasteiger partial charge in [0.1, 0.15) is 11.6 Å². The average molecular weight is 603 g/mol. The number of anilines is 1. The largest absolute Gasteiger partial charge is 0.476 e. The Kier molecular flexibility index (Phi) is 8.13. The molecule has 0 aliphatic rings. The summed E-state index contributed by atoms with van der Waals surface area (Å²) in [4.78, 5) is 40.7. The van der Waals surface area contributed by atoms with Gasteiger partial charge >= 0.3 is 5.69 Å². The van der Waals surface area contributed by atoms with Gasteiger partial charge in [-0.1, -0.05) is 46.6 Å². The molecule has 1 heterocycles. The molecule has 194 valence electrons. The number of nitrogens with one attached hydrogen (secondary N) is 1. The highest BCUT2D eigenvalue weighted by atomic mass is 79.9. The summed E-state index contributed by atoms with van der Waals surface area (Å²) in [7, 11) is 0. The maximum absolute atomic E-state index is 13.7. The number of nitrogens with zero attached hydrogens (tertiary/aromatic N) is 4. The Morgan fingerprint density at radius 1 is 1.29 bits per heavy atom. The topological polar surface area (TPSA) is 129 Å². The lowest BCUT2D eigenvalue weighted by Crippen LogP contribution is -2.22. The summed E-state index contributed by atoms with van der Waals surface area (Å²) in [6, 6.07) is 13.1. The molecule has 13 heteroatoms. The molecule has 0 saturated carbocycles. The third-order valence-corrected chi connectivity index (χ3v) is 6.03. The molecule has 0 spiro atoms. The highest BCUT2D eigenvalue weighted by Crippen LogP contribution is 2.36. The number of hydrogen-bond acceptors (Lipinski definition) is 7. The standard InChI is InChI=1S/C25H18BrClFN5O5/c1-2-22-30-19-8-7-15(26)11-16(19)25(35)32(22)29-12-14-9-17(27)24(21(10-14)33(36)37)38-13-23(34)31-20-6-4-3-5-18(20)28/h3-12H,2,13H2,1H3,(H,31,34). The molecule has 4 rings (SSSR count). The molecule has 0 bridgehead atoms. The molecule has 0 saturated heterocycles. The highest BCUT2D eigenvalue weighted by molar-refractivity contribution is 9.10. The first-order valence-electron chi connectivity index (χ1n) is 11.1. The number of aromatic nitrogens is 2. The number of fused-ring (bicyclic) bond motifs is 1. The van der Waals surface area contributed by atoms with Crippen LogP contribution in [0.15, 0.2) is 69.0 Å². The number of ether oxygens (including phenoxy) is 1. The normalized spacial score (nSPS) is 11.2. The van der Waals surface area contributed by atoms with Crippen LogP contribution in [0, 0.1) is 15.9 Å². The van der Waals surface area contributed by atoms with Gasteiger partial charge in [-0.25, -0.2) is 9.37 Å². The van der Waals surface area contributed by atoms with Crippen LogP contribution in [0.4, 0.5) is 15.8 Å². The van der Waals surface area contributed by atoms with Crippen molar-refractivity contribution < 1.29 is 18.8 Å². The fourth-order valence-corrected chi connectivity index (χ4v) is 4.14. The monoisotopic (exact) mass is 601 g/mol. The van der Waals surface area contributed by atoms with E-state index in [1.807, 2.05) is 6.92 Å². The minimum absolute atomic E-state index is 0.0644. The molecular weight excluding hydrogens is 585 g/mol. The van der Waals surface area contributed by atoms with E-state index in [1.165, 1.54) is 36.5 Å². The molecule has 0 atom stereocenters. The molecule has 0 radical (unpaired) electrons. The molecule has 1 N–H and O–H groups in total. The minimum atomic E-state index is -0.743. The van der Waals surface area contributed by atoms with Crippen LogP contribution in [0.1, 0.15) is 18.3 Å². The minimum Gasteiger partial charge on any atom is -0.476 e. The van der Waals surface area contributed by atoms with Crippen molar-refractivity contribution in [3.8, 4) is 5.75 Å². The third-order valence-electron chi connectivity index (χ3n) is 5.25. The van der Waals surface area contributed by atoms with Crippen LogP contribution < -0.4 is 15.6 Å². The Balaban J connectivity index is 1.61. The molecule has 10 nitrogen and oxygen atoms in total. The van der Waals surface area contributed by atoms with Crippen molar-refractivity contribution in [2.75, 3.05) is 11.9 Å². The maximum Gasteiger partial charge on any atom is 0.313 e. The Labute approximate surface area is 228 Å². The summed E-state index contributed by atoms with van der Waals surface area (Å²) in [6.07, 6.45) is 1.64. The molecule has 0 fully saturated rings. The SMILES string of the molecule is CCc1nc2ccc(Br)cc2c(=O)n1N=Cc1cc(Cl)c(OCC(=O)Nc2ccccc2F)c([N+](=O)[O-])c1. The first kappa shape index (κ1) is 26.9. The van der Waals surface area contributed by atoms with Crippen molar-refractivity contribution in [2.24, 2.45) is 5.10 Å². The molecular formula is C25H18BrClFN5O5. The van der Waals surface area contributed by atoms with Gasteiger partial charge in [0.25, 0.3) is 11.5 Å². The predicted molar refractivity (Wildman–Crippen MR) is 145 cm³/mol. The maximum atomic E-state index is 13.7. The molecule has 1 aromatic heterocycles. The number of nitro benzene ring substituents is 1. The van der Waals surface area contributed by atoms with Gasteiger partial charge < -0.3 is 10.1 Å². The summed E-state index contributed by atoms with van der Waals surface area (Å²) in [5.41, 5.74) is -0.286. The molecule has 38 heavy (non-hydrogen) atoms. The highest BCUT2D eigenvalue weighted by Gasteiger charge is 2.22. The van der Waals surface area contributed by atoms with Gasteiger partial charge in [-0.2, -0.15) is 9.78 Å². The number of rotatable bonds is 8. The van der Waals surface area contributed by atoms with Crippen LogP contribution in [-0.2, 0) is 11.2 Å². The fraction of sp³-hybridized carbons (Fsp3) is 0.120. The Bertz CT molecular complexity index is 1660. The van der Waals surface area contributed by atoms with Crippen LogP contribution in [0.25, 0.3) is 10.9 Å². The first-order valence-corrected chi connectivity index (χ1v) is 12.3. The zero-order valence-corrected chi connectivity index (χ0v) is 22.0. The molecule has 0 unspecified atom stereocenters. The predicted octanol–water partition coefficient (Wildman–Crippen LogP) is 5.32.